The molecule has 0 amide bonds. The summed E-state index contributed by atoms with van der Waals surface area (Å²) >= 11 is 0. The van der Waals surface area contributed by atoms with Crippen molar-refractivity contribution in [3.63, 3.8) is 0 Å². The number of halogens is 1. The lowest BCUT2D eigenvalue weighted by atomic mass is 9.76. The molecular weight excluding hydrogens is 996 g/mol. The molecule has 6 heterocycles. The highest BCUT2D eigenvalue weighted by Crippen LogP contribution is 2.47. The molecule has 4 aromatic heterocycles. The van der Waals surface area contributed by atoms with Crippen LogP contribution in [0.3, 0.4) is 0 Å². The molecule has 17 heteroatoms. The number of nitrogens with one attached hydrogen (secondary N) is 2. The van der Waals surface area contributed by atoms with Crippen LogP contribution >= 0.6 is 12.4 Å². The van der Waals surface area contributed by atoms with Gasteiger partial charge in [-0.2, -0.15) is 10.5 Å². The molecule has 0 aromatic carbocycles. The molecule has 0 spiro atoms. The Kier molecular flexibility index (Phi) is 18.5. The van der Waals surface area contributed by atoms with E-state index in [1.165, 1.54) is 12.4 Å². The number of carbonyl (C=O) groups excluding carboxylic acids is 3. The number of nitriles is 2. The fourth-order valence-corrected chi connectivity index (χ4v) is 11.2. The second-order valence-corrected chi connectivity index (χ2v) is 24.6. The fraction of sp³-hybridized carbons (Fsp3) is 0.567. The van der Waals surface area contributed by atoms with Gasteiger partial charge in [-0.05, 0) is 157 Å². The molecule has 2 saturated heterocycles. The van der Waals surface area contributed by atoms with Crippen LogP contribution in [-0.2, 0) is 36.6 Å². The minimum atomic E-state index is -1.30. The van der Waals surface area contributed by atoms with E-state index in [4.69, 9.17) is 34.7 Å². The van der Waals surface area contributed by atoms with Crippen molar-refractivity contribution in [2.24, 2.45) is 10.8 Å². The molecule has 4 aromatic rings. The molecule has 2 aliphatic carbocycles. The van der Waals surface area contributed by atoms with Gasteiger partial charge in [-0.15, -0.1) is 12.4 Å². The number of imidazole rings is 2. The minimum Gasteiger partial charge on any atom is -0.479 e. The Labute approximate surface area is 459 Å². The van der Waals surface area contributed by atoms with Gasteiger partial charge in [0.2, 0.25) is 11.6 Å². The average molecular weight is 1070 g/mol. The summed E-state index contributed by atoms with van der Waals surface area (Å²) in [5, 5.41) is 28.0. The van der Waals surface area contributed by atoms with Crippen molar-refractivity contribution in [1.29, 1.82) is 10.5 Å². The predicted octanol–water partition coefficient (Wildman–Crippen LogP) is 12.1. The van der Waals surface area contributed by atoms with Crippen molar-refractivity contribution in [3.8, 4) is 12.1 Å². The maximum absolute atomic E-state index is 13.1. The number of hydrogen-bond acceptors (Lipinski definition) is 13. The van der Waals surface area contributed by atoms with Crippen LogP contribution in [0.1, 0.15) is 232 Å². The minimum absolute atomic E-state index is 0. The van der Waals surface area contributed by atoms with E-state index < -0.39 is 28.4 Å². The Morgan fingerprint density at radius 1 is 0.675 bits per heavy atom. The smallest absolute Gasteiger partial charge is 0.338 e. The number of carboxylic acid groups (broad SMARTS) is 1. The van der Waals surface area contributed by atoms with Crippen LogP contribution in [0.5, 0.6) is 0 Å². The van der Waals surface area contributed by atoms with Gasteiger partial charge in [-0.1, -0.05) is 65.3 Å². The predicted molar refractivity (Wildman–Crippen MR) is 294 cm³/mol. The Hall–Kier alpha value is -6.33. The van der Waals surface area contributed by atoms with Crippen LogP contribution in [0, 0.1) is 33.5 Å². The molecule has 0 radical (unpaired) electrons. The van der Waals surface area contributed by atoms with Gasteiger partial charge < -0.3 is 29.3 Å². The van der Waals surface area contributed by atoms with E-state index in [9.17, 15) is 24.3 Å². The first-order valence-corrected chi connectivity index (χ1v) is 26.8. The highest BCUT2D eigenvalue weighted by Gasteiger charge is 2.50. The van der Waals surface area contributed by atoms with Crippen LogP contribution in [0.25, 0.3) is 11.1 Å². The highest BCUT2D eigenvalue weighted by molar-refractivity contribution is 5.95. The number of Topliss-reactive ketones (excluding diaryl/α,β-unsaturated/α-hetero) is 2. The Morgan fingerprint density at radius 3 is 1.48 bits per heavy atom. The maximum atomic E-state index is 13.1. The zero-order valence-corrected chi connectivity index (χ0v) is 47.6. The van der Waals surface area contributed by atoms with Gasteiger partial charge in [-0.3, -0.25) is 19.6 Å². The van der Waals surface area contributed by atoms with Crippen LogP contribution in [0.4, 0.5) is 0 Å². The normalized spacial score (nSPS) is 24.0. The van der Waals surface area contributed by atoms with E-state index >= 15 is 0 Å². The third kappa shape index (κ3) is 14.8. The quantitative estimate of drug-likeness (QED) is 0.0569. The number of nitrogens with zero attached hydrogens (tertiary/aromatic N) is 6. The first-order chi connectivity index (χ1) is 35.7. The van der Waals surface area contributed by atoms with Crippen LogP contribution in [-0.4, -0.2) is 87.5 Å². The zero-order chi connectivity index (χ0) is 55.4. The number of unbranched alkanes of at least 4 members (excludes halogenated alkanes) is 1. The lowest BCUT2D eigenvalue weighted by molar-refractivity contribution is -0.205. The van der Waals surface area contributed by atoms with Crippen molar-refractivity contribution in [3.05, 3.63) is 106 Å². The number of esters is 1. The monoisotopic (exact) mass is 1070 g/mol. The summed E-state index contributed by atoms with van der Waals surface area (Å²) in [7, 11) is 0. The molecule has 2 aliphatic heterocycles. The lowest BCUT2D eigenvalue weighted by Gasteiger charge is -2.45. The van der Waals surface area contributed by atoms with E-state index in [1.54, 1.807) is 6.92 Å². The SMILES string of the molecule is CC1(C)CC=C(c2nc(C3CC(C)(C)OC(C)(C(=O)O)C3)ccc2CC(=O)c2ncc(C#N)[nH]2)CC1.CCCCOC(=O)C1(C)CC(c2ccc(CC(=O)c3ncc(C#N)[nH]3)c(C3=CCC(C)(C)CC3)n2)CC(C)(C)O1.Cl. The van der Waals surface area contributed by atoms with E-state index in [0.29, 0.717) is 32.3 Å². The molecule has 4 unspecified atom stereocenters. The lowest BCUT2D eigenvalue weighted by Crippen LogP contribution is -2.52. The number of carboxylic acids is 1. The number of aromatic nitrogens is 6. The number of pyridine rings is 2. The third-order valence-corrected chi connectivity index (χ3v) is 15.4. The molecule has 0 bridgehead atoms. The molecule has 8 rings (SSSR count). The first-order valence-electron chi connectivity index (χ1n) is 26.8. The van der Waals surface area contributed by atoms with Gasteiger partial charge in [0, 0.05) is 36.1 Å². The number of allylic oxidation sites excluding steroid dienone is 4. The average Bonchev–Trinajstić information content (AvgIpc) is 4.05. The summed E-state index contributed by atoms with van der Waals surface area (Å²) in [5.41, 5.74) is 4.68. The molecule has 4 aliphatic rings. The molecule has 2 fully saturated rings. The van der Waals surface area contributed by atoms with E-state index in [-0.39, 0.29) is 88.5 Å². The number of ether oxygens (including phenoxy) is 3. The second-order valence-electron chi connectivity index (χ2n) is 24.6. The van der Waals surface area contributed by atoms with Crippen LogP contribution in [0.15, 0.2) is 48.8 Å². The van der Waals surface area contributed by atoms with Gasteiger partial charge in [0.25, 0.3) is 0 Å². The maximum Gasteiger partial charge on any atom is 0.338 e. The molecule has 16 nitrogen and oxygen atoms in total. The largest absolute Gasteiger partial charge is 0.479 e. The molecule has 412 valence electrons. The van der Waals surface area contributed by atoms with Crippen LogP contribution < -0.4 is 0 Å². The van der Waals surface area contributed by atoms with Crippen molar-refractivity contribution in [2.75, 3.05) is 6.61 Å². The summed E-state index contributed by atoms with van der Waals surface area (Å²) in [6.45, 7) is 22.8. The summed E-state index contributed by atoms with van der Waals surface area (Å²) in [6.07, 6.45) is 17.0. The van der Waals surface area contributed by atoms with Crippen molar-refractivity contribution < 1.29 is 38.5 Å². The van der Waals surface area contributed by atoms with Crippen molar-refractivity contribution >= 4 is 47.1 Å². The first kappa shape index (κ1) is 59.9. The standard InChI is InChI=1S/C32H42N4O4.C28H34N4O4.ClH/c1-7-8-15-39-29(38)32(6)18-23(17-31(4,5)40-32)25-10-9-22(16-26(37)28-34-20-24(19-33)35-28)27(36-25)21-11-13-30(2,3)14-12-21;1-26(2)10-8-17(9-11-26)23-18(12-22(33)24-30-16-20(15-29)31-24)6-7-21(32-23)19-13-27(3,4)36-28(5,14-19)25(34)35;/h9-11,20,23H,7-8,12-18H2,1-6H3,(H,34,35);6-8,16,19H,9-14H2,1-5H3,(H,30,31)(H,34,35);1H. The third-order valence-electron chi connectivity index (χ3n) is 15.4. The van der Waals surface area contributed by atoms with Crippen molar-refractivity contribution in [1.82, 2.24) is 29.9 Å². The van der Waals surface area contributed by atoms with Crippen molar-refractivity contribution in [2.45, 2.75) is 200 Å². The Balaban J connectivity index is 0.000000248. The van der Waals surface area contributed by atoms with Gasteiger partial charge in [0.15, 0.2) is 22.9 Å². The Morgan fingerprint density at radius 2 is 1.10 bits per heavy atom. The topological polar surface area (TPSA) is 247 Å². The highest BCUT2D eigenvalue weighted by atomic mass is 35.5. The molecular formula is C60H77ClN8O8. The van der Waals surface area contributed by atoms with Gasteiger partial charge in [0.05, 0.1) is 41.6 Å². The van der Waals surface area contributed by atoms with Crippen LogP contribution in [0.2, 0.25) is 0 Å². The summed E-state index contributed by atoms with van der Waals surface area (Å²) in [4.78, 5) is 75.2. The molecule has 4 atom stereocenters. The van der Waals surface area contributed by atoms with Gasteiger partial charge in [0.1, 0.15) is 23.5 Å². The number of hydrogen-bond donors (Lipinski definition) is 3. The molecule has 0 saturated carbocycles. The number of carbonyl (C=O) groups is 4. The van der Waals surface area contributed by atoms with Gasteiger partial charge in [-0.25, -0.2) is 19.6 Å². The van der Waals surface area contributed by atoms with Gasteiger partial charge >= 0.3 is 11.9 Å². The Bertz CT molecular complexity index is 3010. The summed E-state index contributed by atoms with van der Waals surface area (Å²) in [5.74, 6) is -1.48. The summed E-state index contributed by atoms with van der Waals surface area (Å²) < 4.78 is 17.9. The number of aliphatic carboxylic acids is 1. The second kappa shape index (κ2) is 23.7. The van der Waals surface area contributed by atoms with E-state index in [1.807, 2.05) is 71.0 Å². The fourth-order valence-electron chi connectivity index (χ4n) is 11.2. The molecule has 77 heavy (non-hydrogen) atoms. The summed E-state index contributed by atoms with van der Waals surface area (Å²) in [6, 6.07) is 11.8. The zero-order valence-electron chi connectivity index (χ0n) is 46.8. The van der Waals surface area contributed by atoms with E-state index in [0.717, 1.165) is 96.4 Å². The van der Waals surface area contributed by atoms with E-state index in [2.05, 4.69) is 66.7 Å². The molecule has 3 N–H and O–H groups in total. The number of aromatic amines is 2. The number of H-pyrrole nitrogens is 2. The number of ketones is 2. The number of rotatable bonds is 15.